The Morgan fingerprint density at radius 2 is 1.93 bits per heavy atom. The van der Waals surface area contributed by atoms with Crippen LogP contribution in [0.4, 0.5) is 0 Å². The molecule has 1 rings (SSSR count). The number of aliphatic hydroxyl groups is 1. The fourth-order valence-corrected chi connectivity index (χ4v) is 2.24. The monoisotopic (exact) mass is 223 g/mol. The SMILES string of the molecule is Cc1ccc(S(=O)C(C)[C@@H](O)C#N)cc1. The normalized spacial score (nSPS) is 16.4. The predicted octanol–water partition coefficient (Wildman–Crippen LogP) is 1.38. The molecule has 0 aliphatic heterocycles. The quantitative estimate of drug-likeness (QED) is 0.787. The van der Waals surface area contributed by atoms with Gasteiger partial charge in [-0.25, -0.2) is 0 Å². The van der Waals surface area contributed by atoms with Crippen LogP contribution >= 0.6 is 0 Å². The summed E-state index contributed by atoms with van der Waals surface area (Å²) in [5, 5.41) is 17.2. The van der Waals surface area contributed by atoms with Gasteiger partial charge in [-0.3, -0.25) is 4.21 Å². The fraction of sp³-hybridized carbons (Fsp3) is 0.364. The smallest absolute Gasteiger partial charge is 0.154 e. The van der Waals surface area contributed by atoms with Crippen LogP contribution in [0.1, 0.15) is 12.5 Å². The molecule has 0 saturated carbocycles. The molecule has 0 amide bonds. The largest absolute Gasteiger partial charge is 0.377 e. The summed E-state index contributed by atoms with van der Waals surface area (Å²) < 4.78 is 11.9. The van der Waals surface area contributed by atoms with Gasteiger partial charge in [-0.15, -0.1) is 0 Å². The lowest BCUT2D eigenvalue weighted by Crippen LogP contribution is -2.25. The van der Waals surface area contributed by atoms with E-state index >= 15 is 0 Å². The molecule has 3 nitrogen and oxygen atoms in total. The van der Waals surface area contributed by atoms with Crippen LogP contribution in [-0.2, 0) is 10.8 Å². The maximum atomic E-state index is 11.9. The molecule has 0 radical (unpaired) electrons. The summed E-state index contributed by atoms with van der Waals surface area (Å²) in [7, 11) is -1.34. The number of aryl methyl sites for hydroxylation is 1. The van der Waals surface area contributed by atoms with Crippen molar-refractivity contribution < 1.29 is 9.32 Å². The van der Waals surface area contributed by atoms with E-state index in [0.29, 0.717) is 4.90 Å². The summed E-state index contributed by atoms with van der Waals surface area (Å²) in [5.41, 5.74) is 1.09. The molecule has 1 aromatic rings. The van der Waals surface area contributed by atoms with Crippen molar-refractivity contribution in [2.75, 3.05) is 0 Å². The summed E-state index contributed by atoms with van der Waals surface area (Å²) in [4.78, 5) is 0.641. The number of nitrogens with zero attached hydrogens (tertiary/aromatic N) is 1. The molecule has 0 saturated heterocycles. The lowest BCUT2D eigenvalue weighted by molar-refractivity contribution is 0.230. The van der Waals surface area contributed by atoms with Gasteiger partial charge in [0.2, 0.25) is 0 Å². The number of rotatable bonds is 3. The molecule has 15 heavy (non-hydrogen) atoms. The molecule has 1 N–H and O–H groups in total. The van der Waals surface area contributed by atoms with Gasteiger partial charge in [-0.1, -0.05) is 17.7 Å². The van der Waals surface area contributed by atoms with Gasteiger partial charge >= 0.3 is 0 Å². The Hall–Kier alpha value is -1.18. The van der Waals surface area contributed by atoms with Crippen molar-refractivity contribution in [2.45, 2.75) is 30.1 Å². The second-order valence-electron chi connectivity index (χ2n) is 3.39. The van der Waals surface area contributed by atoms with Crippen LogP contribution in [0.5, 0.6) is 0 Å². The number of benzene rings is 1. The average molecular weight is 223 g/mol. The van der Waals surface area contributed by atoms with Gasteiger partial charge in [0.05, 0.1) is 22.1 Å². The van der Waals surface area contributed by atoms with Crippen molar-refractivity contribution in [1.82, 2.24) is 0 Å². The third kappa shape index (κ3) is 2.88. The standard InChI is InChI=1S/C11H13NO2S/c1-8-3-5-10(6-4-8)15(14)9(2)11(13)7-12/h3-6,9,11,13H,1-2H3/t9?,11-,15?/m0/s1. The Morgan fingerprint density at radius 3 is 2.40 bits per heavy atom. The van der Waals surface area contributed by atoms with Crippen LogP contribution in [0.2, 0.25) is 0 Å². The third-order valence-corrected chi connectivity index (χ3v) is 3.84. The Morgan fingerprint density at radius 1 is 1.40 bits per heavy atom. The zero-order valence-corrected chi connectivity index (χ0v) is 9.49. The predicted molar refractivity (Wildman–Crippen MR) is 58.7 cm³/mol. The fourth-order valence-electron chi connectivity index (χ4n) is 1.11. The van der Waals surface area contributed by atoms with Crippen molar-refractivity contribution in [3.63, 3.8) is 0 Å². The molecule has 0 fully saturated rings. The Labute approximate surface area is 91.8 Å². The summed E-state index contributed by atoms with van der Waals surface area (Å²) in [6.07, 6.45) is -1.19. The van der Waals surface area contributed by atoms with Crippen LogP contribution < -0.4 is 0 Å². The number of hydrogen-bond donors (Lipinski definition) is 1. The minimum absolute atomic E-state index is 0.572. The van der Waals surface area contributed by atoms with Crippen molar-refractivity contribution in [3.8, 4) is 6.07 Å². The zero-order chi connectivity index (χ0) is 11.4. The summed E-state index contributed by atoms with van der Waals surface area (Å²) in [5.74, 6) is 0. The van der Waals surface area contributed by atoms with Crippen LogP contribution in [0.25, 0.3) is 0 Å². The number of aliphatic hydroxyl groups excluding tert-OH is 1. The van der Waals surface area contributed by atoms with Gasteiger partial charge in [0.15, 0.2) is 6.10 Å². The molecule has 0 bridgehead atoms. The molecule has 0 aliphatic carbocycles. The van der Waals surface area contributed by atoms with Crippen LogP contribution in [0.3, 0.4) is 0 Å². The van der Waals surface area contributed by atoms with Gasteiger partial charge in [-0.2, -0.15) is 5.26 Å². The van der Waals surface area contributed by atoms with E-state index in [0.717, 1.165) is 5.56 Å². The lowest BCUT2D eigenvalue weighted by atomic mass is 10.2. The summed E-state index contributed by atoms with van der Waals surface area (Å²) in [6.45, 7) is 3.55. The second kappa shape index (κ2) is 5.06. The zero-order valence-electron chi connectivity index (χ0n) is 8.68. The van der Waals surface area contributed by atoms with E-state index in [1.165, 1.54) is 0 Å². The van der Waals surface area contributed by atoms with E-state index in [2.05, 4.69) is 0 Å². The second-order valence-corrected chi connectivity index (χ2v) is 5.20. The first kappa shape index (κ1) is 11.9. The van der Waals surface area contributed by atoms with E-state index in [1.54, 1.807) is 25.1 Å². The van der Waals surface area contributed by atoms with E-state index in [1.807, 2.05) is 19.1 Å². The molecule has 80 valence electrons. The van der Waals surface area contributed by atoms with Crippen molar-refractivity contribution in [1.29, 1.82) is 5.26 Å². The van der Waals surface area contributed by atoms with Crippen molar-refractivity contribution in [3.05, 3.63) is 29.8 Å². The highest BCUT2D eigenvalue weighted by Gasteiger charge is 2.21. The van der Waals surface area contributed by atoms with Crippen LogP contribution in [-0.4, -0.2) is 20.7 Å². The first-order valence-electron chi connectivity index (χ1n) is 4.61. The highest BCUT2D eigenvalue weighted by Crippen LogP contribution is 2.14. The lowest BCUT2D eigenvalue weighted by Gasteiger charge is -2.12. The highest BCUT2D eigenvalue weighted by molar-refractivity contribution is 7.85. The Kier molecular flexibility index (Phi) is 4.01. The molecule has 0 aliphatic rings. The first-order valence-corrected chi connectivity index (χ1v) is 5.82. The van der Waals surface area contributed by atoms with E-state index in [4.69, 9.17) is 5.26 Å². The maximum absolute atomic E-state index is 11.9. The minimum Gasteiger partial charge on any atom is -0.377 e. The summed E-state index contributed by atoms with van der Waals surface area (Å²) in [6, 6.07) is 8.92. The molecule has 3 atom stereocenters. The van der Waals surface area contributed by atoms with E-state index < -0.39 is 22.2 Å². The van der Waals surface area contributed by atoms with Gasteiger partial charge in [0.1, 0.15) is 0 Å². The van der Waals surface area contributed by atoms with E-state index in [-0.39, 0.29) is 0 Å². The Bertz CT molecular complexity index is 394. The molecular formula is C11H13NO2S. The topological polar surface area (TPSA) is 61.1 Å². The van der Waals surface area contributed by atoms with Crippen molar-refractivity contribution >= 4 is 10.8 Å². The number of nitriles is 1. The third-order valence-electron chi connectivity index (χ3n) is 2.17. The highest BCUT2D eigenvalue weighted by atomic mass is 32.2. The average Bonchev–Trinajstić information content (AvgIpc) is 2.27. The van der Waals surface area contributed by atoms with Gasteiger partial charge in [0.25, 0.3) is 0 Å². The van der Waals surface area contributed by atoms with E-state index in [9.17, 15) is 9.32 Å². The van der Waals surface area contributed by atoms with Gasteiger partial charge in [0, 0.05) is 4.90 Å². The summed E-state index contributed by atoms with van der Waals surface area (Å²) >= 11 is 0. The molecular weight excluding hydrogens is 210 g/mol. The molecule has 2 unspecified atom stereocenters. The minimum atomic E-state index is -1.34. The maximum Gasteiger partial charge on any atom is 0.154 e. The van der Waals surface area contributed by atoms with Crippen LogP contribution in [0, 0.1) is 18.3 Å². The Balaban J connectivity index is 2.86. The molecule has 1 aromatic carbocycles. The first-order chi connectivity index (χ1) is 7.06. The number of hydrogen-bond acceptors (Lipinski definition) is 3. The van der Waals surface area contributed by atoms with Crippen molar-refractivity contribution in [2.24, 2.45) is 0 Å². The molecule has 0 aromatic heterocycles. The molecule has 4 heteroatoms. The van der Waals surface area contributed by atoms with Crippen LogP contribution in [0.15, 0.2) is 29.2 Å². The van der Waals surface area contributed by atoms with Gasteiger partial charge in [-0.05, 0) is 26.0 Å². The molecule has 0 heterocycles. The molecule has 0 spiro atoms. The van der Waals surface area contributed by atoms with Gasteiger partial charge < -0.3 is 5.11 Å².